The Morgan fingerprint density at radius 2 is 2.14 bits per heavy atom. The van der Waals surface area contributed by atoms with Crippen molar-refractivity contribution in [1.29, 1.82) is 0 Å². The number of nitrogens with two attached hydrogens (primary N) is 1. The smallest absolute Gasteiger partial charge is 0.352 e. The van der Waals surface area contributed by atoms with Gasteiger partial charge in [0.1, 0.15) is 11.9 Å². The van der Waals surface area contributed by atoms with Crippen LogP contribution in [0.2, 0.25) is 0 Å². The Bertz CT molecular complexity index is 1090. The molecule has 0 bridgehead atoms. The number of carboxylic acid groups (broad SMARTS) is 1. The molecule has 2 aliphatic rings. The molecule has 2 aliphatic heterocycles. The lowest BCUT2D eigenvalue weighted by molar-refractivity contribution is -0.717. The molecule has 2 aromatic heterocycles. The Morgan fingerprint density at radius 3 is 2.69 bits per heavy atom. The molecule has 9 nitrogen and oxygen atoms in total. The van der Waals surface area contributed by atoms with Crippen LogP contribution in [-0.4, -0.2) is 55.7 Å². The molecule has 1 saturated heterocycles. The highest BCUT2D eigenvalue weighted by Crippen LogP contribution is 2.51. The predicted molar refractivity (Wildman–Crippen MR) is 106 cm³/mol. The Hall–Kier alpha value is -2.37. The summed E-state index contributed by atoms with van der Waals surface area (Å²) in [5.74, 6) is -2.77. The fraction of sp³-hybridized carbons (Fsp3) is 0.444. The third-order valence-electron chi connectivity index (χ3n) is 5.56. The van der Waals surface area contributed by atoms with Crippen LogP contribution in [-0.2, 0) is 20.9 Å². The van der Waals surface area contributed by atoms with E-state index in [0.29, 0.717) is 5.57 Å². The summed E-state index contributed by atoms with van der Waals surface area (Å²) in [6, 6.07) is -0.357. The van der Waals surface area contributed by atoms with Crippen LogP contribution in [0, 0.1) is 11.8 Å². The van der Waals surface area contributed by atoms with E-state index in [2.05, 4.69) is 0 Å². The van der Waals surface area contributed by atoms with Crippen LogP contribution in [0.5, 0.6) is 0 Å². The average Bonchev–Trinajstić information content (AvgIpc) is 3.21. The minimum atomic E-state index is -1.15. The number of nitrogens with zero attached hydrogens (tertiary/aromatic N) is 3. The van der Waals surface area contributed by atoms with E-state index in [9.17, 15) is 24.6 Å². The first kappa shape index (κ1) is 19.9. The Balaban J connectivity index is 1.82. The number of aliphatic hydroxyl groups is 1. The van der Waals surface area contributed by atoms with Gasteiger partial charge in [0.25, 0.3) is 12.2 Å². The summed E-state index contributed by atoms with van der Waals surface area (Å²) in [5.41, 5.74) is 5.91. The molecular formula is C18H21N4O5S2+. The fourth-order valence-electron chi connectivity index (χ4n) is 4.44. The number of fused-ring (bicyclic) bond motifs is 2. The number of thiazole rings is 1. The van der Waals surface area contributed by atoms with E-state index in [1.54, 1.807) is 17.8 Å². The second-order valence-corrected chi connectivity index (χ2v) is 9.17. The summed E-state index contributed by atoms with van der Waals surface area (Å²) >= 11 is 2.88. The summed E-state index contributed by atoms with van der Waals surface area (Å²) in [7, 11) is 0. The molecule has 0 spiro atoms. The van der Waals surface area contributed by atoms with Gasteiger partial charge >= 0.3 is 5.97 Å². The molecule has 1 fully saturated rings. The minimum Gasteiger partial charge on any atom is -0.477 e. The van der Waals surface area contributed by atoms with Crippen molar-refractivity contribution in [3.8, 4) is 0 Å². The Kier molecular flexibility index (Phi) is 4.71. The zero-order chi connectivity index (χ0) is 21.2. The molecular weight excluding hydrogens is 416 g/mol. The van der Waals surface area contributed by atoms with Crippen LogP contribution in [0.25, 0.3) is 10.4 Å². The van der Waals surface area contributed by atoms with Crippen molar-refractivity contribution in [1.82, 2.24) is 9.30 Å². The van der Waals surface area contributed by atoms with Crippen molar-refractivity contribution in [3.05, 3.63) is 23.1 Å². The number of carbonyl (C=O) groups excluding carboxylic acids is 2. The van der Waals surface area contributed by atoms with Gasteiger partial charge in [-0.15, -0.1) is 0 Å². The zero-order valence-corrected chi connectivity index (χ0v) is 17.7. The first-order valence-electron chi connectivity index (χ1n) is 9.02. The standard InChI is InChI=1S/C18H20N4O5S2/c1-7-11(14(18(26)27)22-13(7)12(8(2)23)15(22)25)9-4-20-6-21(5-10(19)24)16(28-3)17(20)29-9/h4,6-8,12-13,23H,5H2,1-3H3,(H2-,19,24,26,27)/p+1/t7-,8+,12+,13-/m0/s1. The monoisotopic (exact) mass is 437 g/mol. The van der Waals surface area contributed by atoms with E-state index in [1.165, 1.54) is 28.0 Å². The van der Waals surface area contributed by atoms with E-state index >= 15 is 0 Å². The second kappa shape index (κ2) is 6.85. The molecule has 4 rings (SSSR count). The number of amides is 2. The summed E-state index contributed by atoms with van der Waals surface area (Å²) < 4.78 is 3.60. The number of hydrogen-bond acceptors (Lipinski definition) is 6. The number of thioether (sulfide) groups is 1. The van der Waals surface area contributed by atoms with E-state index in [0.717, 1.165) is 14.7 Å². The molecule has 4 atom stereocenters. The largest absolute Gasteiger partial charge is 0.477 e. The summed E-state index contributed by atoms with van der Waals surface area (Å²) in [4.78, 5) is 38.8. The number of carboxylic acids is 1. The fourth-order valence-corrected chi connectivity index (χ4v) is 6.61. The lowest BCUT2D eigenvalue weighted by Crippen LogP contribution is -2.63. The molecule has 0 unspecified atom stereocenters. The maximum atomic E-state index is 12.5. The van der Waals surface area contributed by atoms with Crippen LogP contribution >= 0.6 is 23.1 Å². The van der Waals surface area contributed by atoms with Crippen molar-refractivity contribution < 1.29 is 29.2 Å². The minimum absolute atomic E-state index is 0.00961. The molecule has 4 N–H and O–H groups in total. The van der Waals surface area contributed by atoms with Crippen molar-refractivity contribution in [2.24, 2.45) is 17.6 Å². The van der Waals surface area contributed by atoms with Gasteiger partial charge in [-0.1, -0.05) is 30.0 Å². The van der Waals surface area contributed by atoms with Gasteiger partial charge in [0.15, 0.2) is 6.54 Å². The molecule has 0 radical (unpaired) electrons. The predicted octanol–water partition coefficient (Wildman–Crippen LogP) is 0.149. The van der Waals surface area contributed by atoms with Crippen LogP contribution in [0.3, 0.4) is 0 Å². The number of aliphatic hydroxyl groups excluding tert-OH is 1. The molecule has 2 aromatic rings. The Labute approximate surface area is 174 Å². The SMILES string of the molecule is CSc1c2sc(C3=C(C(=O)O)N4C(=O)[C@H]([C@@H](C)O)[C@@H]4[C@H]3C)cn2c[n+]1CC(N)=O. The third kappa shape index (κ3) is 2.79. The van der Waals surface area contributed by atoms with Gasteiger partial charge < -0.3 is 20.8 Å². The molecule has 4 heterocycles. The van der Waals surface area contributed by atoms with Crippen LogP contribution in [0.1, 0.15) is 18.7 Å². The average molecular weight is 438 g/mol. The molecule has 2 amide bonds. The maximum Gasteiger partial charge on any atom is 0.352 e. The summed E-state index contributed by atoms with van der Waals surface area (Å²) in [5, 5.41) is 20.7. The lowest BCUT2D eigenvalue weighted by atomic mass is 9.77. The van der Waals surface area contributed by atoms with Gasteiger partial charge in [-0.2, -0.15) is 4.40 Å². The topological polar surface area (TPSA) is 129 Å². The highest BCUT2D eigenvalue weighted by molar-refractivity contribution is 7.98. The number of β-lactam (4-membered cyclic amide) rings is 1. The molecule has 0 aromatic carbocycles. The lowest BCUT2D eigenvalue weighted by Gasteiger charge is -2.46. The number of imidazole rings is 1. The van der Waals surface area contributed by atoms with E-state index < -0.39 is 23.9 Å². The zero-order valence-electron chi connectivity index (χ0n) is 16.0. The Morgan fingerprint density at radius 1 is 1.45 bits per heavy atom. The van der Waals surface area contributed by atoms with Gasteiger partial charge in [0.2, 0.25) is 15.8 Å². The van der Waals surface area contributed by atoms with Gasteiger partial charge in [0, 0.05) is 11.5 Å². The normalized spacial score (nSPS) is 24.8. The summed E-state index contributed by atoms with van der Waals surface area (Å²) in [6.07, 6.45) is 4.63. The van der Waals surface area contributed by atoms with Crippen LogP contribution in [0.4, 0.5) is 0 Å². The molecule has 11 heteroatoms. The van der Waals surface area contributed by atoms with Crippen molar-refractivity contribution in [3.63, 3.8) is 0 Å². The number of carbonyl (C=O) groups is 3. The van der Waals surface area contributed by atoms with Crippen LogP contribution < -0.4 is 10.3 Å². The number of aromatic nitrogens is 2. The van der Waals surface area contributed by atoms with Crippen LogP contribution in [0.15, 0.2) is 23.2 Å². The molecule has 154 valence electrons. The number of primary amides is 1. The van der Waals surface area contributed by atoms with Gasteiger partial charge in [0.05, 0.1) is 22.9 Å². The van der Waals surface area contributed by atoms with Crippen molar-refractivity contribution in [2.45, 2.75) is 37.6 Å². The first-order chi connectivity index (χ1) is 13.7. The first-order valence-corrected chi connectivity index (χ1v) is 11.1. The molecule has 0 saturated carbocycles. The summed E-state index contributed by atoms with van der Waals surface area (Å²) in [6.45, 7) is 3.50. The third-order valence-corrected chi connectivity index (χ3v) is 7.65. The second-order valence-electron chi connectivity index (χ2n) is 7.35. The van der Waals surface area contributed by atoms with Crippen molar-refractivity contribution in [2.75, 3.05) is 6.26 Å². The van der Waals surface area contributed by atoms with Gasteiger partial charge in [-0.3, -0.25) is 9.59 Å². The van der Waals surface area contributed by atoms with E-state index in [1.807, 2.05) is 23.8 Å². The molecule has 29 heavy (non-hydrogen) atoms. The number of rotatable bonds is 6. The number of hydrogen-bond donors (Lipinski definition) is 3. The van der Waals surface area contributed by atoms with Gasteiger partial charge in [-0.25, -0.2) is 9.36 Å². The van der Waals surface area contributed by atoms with E-state index in [4.69, 9.17) is 5.73 Å². The van der Waals surface area contributed by atoms with Gasteiger partial charge in [-0.05, 0) is 13.2 Å². The van der Waals surface area contributed by atoms with E-state index in [-0.39, 0.29) is 30.1 Å². The molecule has 0 aliphatic carbocycles. The quantitative estimate of drug-likeness (QED) is 0.335. The number of aliphatic carboxylic acids is 1. The highest BCUT2D eigenvalue weighted by Gasteiger charge is 2.60. The maximum absolute atomic E-state index is 12.5. The highest BCUT2D eigenvalue weighted by atomic mass is 32.2. The van der Waals surface area contributed by atoms with Crippen molar-refractivity contribution >= 4 is 51.3 Å².